The number of fused-ring (bicyclic) bond motifs is 3. The summed E-state index contributed by atoms with van der Waals surface area (Å²) in [5.41, 5.74) is 2.40. The molecule has 234 valence electrons. The molecular weight excluding hydrogens is 560 g/mol. The summed E-state index contributed by atoms with van der Waals surface area (Å²) in [4.78, 5) is 54.9. The van der Waals surface area contributed by atoms with Gasteiger partial charge in [-0.05, 0) is 65.3 Å². The van der Waals surface area contributed by atoms with Gasteiger partial charge in [0.1, 0.15) is 28.4 Å². The molecular formula is C30H40N4O9. The van der Waals surface area contributed by atoms with Crippen LogP contribution in [0.2, 0.25) is 0 Å². The highest BCUT2D eigenvalue weighted by molar-refractivity contribution is 6.24. The summed E-state index contributed by atoms with van der Waals surface area (Å²) in [5, 5.41) is 48.6. The normalized spacial score (nSPS) is 25.4. The monoisotopic (exact) mass is 600 g/mol. The van der Waals surface area contributed by atoms with Gasteiger partial charge in [-0.15, -0.1) is 0 Å². The van der Waals surface area contributed by atoms with E-state index in [1.54, 1.807) is 59.9 Å². The fourth-order valence-corrected chi connectivity index (χ4v) is 6.56. The second-order valence-electron chi connectivity index (χ2n) is 12.8. The minimum atomic E-state index is -2.71. The Morgan fingerprint density at radius 1 is 1.14 bits per heavy atom. The van der Waals surface area contributed by atoms with Crippen molar-refractivity contribution in [1.29, 1.82) is 0 Å². The zero-order chi connectivity index (χ0) is 32.3. The molecule has 1 amide bonds. The summed E-state index contributed by atoms with van der Waals surface area (Å²) in [7, 11) is 6.66. The third kappa shape index (κ3) is 5.25. The summed E-state index contributed by atoms with van der Waals surface area (Å²) >= 11 is 0. The molecule has 1 aromatic rings. The third-order valence-electron chi connectivity index (χ3n) is 8.26. The molecule has 0 radical (unpaired) electrons. The number of phenolic OH excluding ortho intramolecular Hbond substituents is 1. The Hall–Kier alpha value is -3.94. The average molecular weight is 601 g/mol. The number of aliphatic hydroxyl groups is 3. The van der Waals surface area contributed by atoms with E-state index in [4.69, 9.17) is 10.5 Å². The largest absolute Gasteiger partial charge is 0.508 e. The number of carbonyl (C=O) groups excluding carboxylic acids is 4. The molecule has 0 aliphatic heterocycles. The number of benzene rings is 1. The molecule has 3 aliphatic rings. The van der Waals surface area contributed by atoms with Gasteiger partial charge in [-0.3, -0.25) is 24.1 Å². The van der Waals surface area contributed by atoms with E-state index in [9.17, 15) is 39.6 Å². The molecule has 0 spiro atoms. The number of nitrogens with zero attached hydrogens (tertiary/aromatic N) is 2. The Bertz CT molecular complexity index is 1470. The Morgan fingerprint density at radius 2 is 1.77 bits per heavy atom. The summed E-state index contributed by atoms with van der Waals surface area (Å²) < 4.78 is 5.30. The molecule has 0 unspecified atom stereocenters. The molecule has 7 N–H and O–H groups in total. The van der Waals surface area contributed by atoms with E-state index in [0.717, 1.165) is 0 Å². The number of Topliss-reactive ketones (excluding diaryl/α,β-unsaturated/α-hetero) is 2. The molecule has 1 saturated carbocycles. The van der Waals surface area contributed by atoms with Crippen molar-refractivity contribution in [2.45, 2.75) is 57.4 Å². The first-order valence-corrected chi connectivity index (χ1v) is 13.9. The molecule has 0 aromatic heterocycles. The van der Waals surface area contributed by atoms with Gasteiger partial charge in [0, 0.05) is 43.4 Å². The predicted octanol–water partition coefficient (Wildman–Crippen LogP) is 0.461. The van der Waals surface area contributed by atoms with E-state index in [2.05, 4.69) is 5.32 Å². The molecule has 3 aliphatic carbocycles. The van der Waals surface area contributed by atoms with Crippen LogP contribution in [0.3, 0.4) is 0 Å². The van der Waals surface area contributed by atoms with Crippen LogP contribution in [0.25, 0.3) is 5.76 Å². The lowest BCUT2D eigenvalue weighted by molar-refractivity contribution is -0.154. The highest BCUT2D eigenvalue weighted by Crippen LogP contribution is 2.54. The van der Waals surface area contributed by atoms with Crippen molar-refractivity contribution in [2.75, 3.05) is 39.6 Å². The highest BCUT2D eigenvalue weighted by atomic mass is 16.6. The van der Waals surface area contributed by atoms with E-state index >= 15 is 0 Å². The van der Waals surface area contributed by atoms with E-state index in [0.29, 0.717) is 16.8 Å². The minimum Gasteiger partial charge on any atom is -0.508 e. The number of phenols is 1. The van der Waals surface area contributed by atoms with E-state index in [1.807, 2.05) is 0 Å². The first kappa shape index (κ1) is 32.0. The second-order valence-corrected chi connectivity index (χ2v) is 12.8. The maximum atomic E-state index is 14.1. The molecule has 0 saturated heterocycles. The summed E-state index contributed by atoms with van der Waals surface area (Å²) in [6.45, 7) is 5.10. The van der Waals surface area contributed by atoms with Crippen LogP contribution < -0.4 is 16.0 Å². The van der Waals surface area contributed by atoms with Crippen LogP contribution in [-0.2, 0) is 36.9 Å². The van der Waals surface area contributed by atoms with Crippen molar-refractivity contribution in [2.24, 2.45) is 17.6 Å². The van der Waals surface area contributed by atoms with Crippen molar-refractivity contribution in [3.63, 3.8) is 0 Å². The number of ether oxygens (including phenoxy) is 1. The zero-order valence-corrected chi connectivity index (χ0v) is 25.4. The molecule has 1 aromatic carbocycles. The number of carbonyl (C=O) groups is 4. The molecule has 13 heteroatoms. The van der Waals surface area contributed by atoms with Gasteiger partial charge in [0.05, 0.1) is 18.2 Å². The van der Waals surface area contributed by atoms with Gasteiger partial charge in [-0.25, -0.2) is 0 Å². The SMILES string of the molecule is CN(C)c1cc(CNCC(=O)OC(C)(C)C)c(O)c2c1C[C@H]1C[C@H]3[C@H](N(C)C)C(=O)C(C(N)=O)=C(O)[C@@]3(O)C(=O)C1=C2O. The predicted molar refractivity (Wildman–Crippen MR) is 156 cm³/mol. The summed E-state index contributed by atoms with van der Waals surface area (Å²) in [5.74, 6) is -7.55. The number of nitrogens with two attached hydrogens (primary N) is 1. The van der Waals surface area contributed by atoms with Crippen molar-refractivity contribution in [3.05, 3.63) is 39.7 Å². The van der Waals surface area contributed by atoms with Crippen LogP contribution in [0.4, 0.5) is 5.69 Å². The maximum Gasteiger partial charge on any atom is 0.320 e. The Kier molecular flexibility index (Phi) is 8.15. The fourth-order valence-electron chi connectivity index (χ4n) is 6.56. The van der Waals surface area contributed by atoms with Crippen LogP contribution >= 0.6 is 0 Å². The Morgan fingerprint density at radius 3 is 2.30 bits per heavy atom. The van der Waals surface area contributed by atoms with Gasteiger partial charge in [-0.1, -0.05) is 0 Å². The van der Waals surface area contributed by atoms with Crippen LogP contribution in [0.15, 0.2) is 23.0 Å². The second kappa shape index (κ2) is 11.0. The van der Waals surface area contributed by atoms with Crippen LogP contribution in [-0.4, -0.2) is 101 Å². The molecule has 1 fully saturated rings. The lowest BCUT2D eigenvalue weighted by Gasteiger charge is -2.50. The molecule has 4 atom stereocenters. The quantitative estimate of drug-likeness (QED) is 0.187. The number of esters is 1. The van der Waals surface area contributed by atoms with E-state index < -0.39 is 69.6 Å². The maximum absolute atomic E-state index is 14.1. The van der Waals surface area contributed by atoms with Gasteiger partial charge in [0.25, 0.3) is 5.91 Å². The van der Waals surface area contributed by atoms with Crippen molar-refractivity contribution < 1.29 is 44.3 Å². The number of nitrogens with one attached hydrogen (secondary N) is 1. The van der Waals surface area contributed by atoms with Gasteiger partial charge in [0.2, 0.25) is 5.78 Å². The van der Waals surface area contributed by atoms with Gasteiger partial charge >= 0.3 is 5.97 Å². The molecule has 0 bridgehead atoms. The van der Waals surface area contributed by atoms with Gasteiger partial charge < -0.3 is 41.1 Å². The Balaban J connectivity index is 1.83. The first-order valence-electron chi connectivity index (χ1n) is 13.9. The molecule has 43 heavy (non-hydrogen) atoms. The van der Waals surface area contributed by atoms with Gasteiger partial charge in [0.15, 0.2) is 11.4 Å². The third-order valence-corrected chi connectivity index (χ3v) is 8.26. The summed E-state index contributed by atoms with van der Waals surface area (Å²) in [6, 6.07) is 0.563. The summed E-state index contributed by atoms with van der Waals surface area (Å²) in [6.07, 6.45) is 0.166. The van der Waals surface area contributed by atoms with Crippen LogP contribution in [0, 0.1) is 11.8 Å². The Labute approximate surface area is 249 Å². The fraction of sp³-hybridized carbons (Fsp3) is 0.533. The van der Waals surface area contributed by atoms with Crippen LogP contribution in [0.5, 0.6) is 5.75 Å². The number of rotatable bonds is 7. The molecule has 4 rings (SSSR count). The van der Waals surface area contributed by atoms with Crippen molar-refractivity contribution >= 4 is 34.9 Å². The lowest BCUT2D eigenvalue weighted by Crippen LogP contribution is -2.65. The van der Waals surface area contributed by atoms with Gasteiger partial charge in [-0.2, -0.15) is 0 Å². The number of hydrogen-bond acceptors (Lipinski definition) is 12. The smallest absolute Gasteiger partial charge is 0.320 e. The number of primary amides is 1. The number of anilines is 1. The lowest BCUT2D eigenvalue weighted by atomic mass is 9.57. The zero-order valence-electron chi connectivity index (χ0n) is 25.4. The molecule has 0 heterocycles. The average Bonchev–Trinajstić information content (AvgIpc) is 2.85. The standard InChI is InChI=1S/C30H40N4O9/c1-29(2,3)43-18(35)12-32-11-14-10-17(33(4)5)15-8-13-9-16-22(34(6)7)25(38)21(28(31)41)27(40)30(16,42)26(39)19(13)24(37)20(15)23(14)36/h10,13,16,22,32,36-37,40,42H,8-9,11-12H2,1-7H3,(H2,31,41)/t13-,16-,22-,30-/m0/s1. The number of hydrogen-bond donors (Lipinski definition) is 6. The number of likely N-dealkylation sites (N-methyl/N-ethyl adjacent to an activating group) is 1. The highest BCUT2D eigenvalue weighted by Gasteiger charge is 2.64. The number of aromatic hydroxyl groups is 1. The van der Waals surface area contributed by atoms with E-state index in [1.165, 1.54) is 4.90 Å². The molecule has 13 nitrogen and oxygen atoms in total. The number of ketones is 2. The van der Waals surface area contributed by atoms with Crippen LogP contribution in [0.1, 0.15) is 43.9 Å². The first-order chi connectivity index (χ1) is 19.8. The number of amides is 1. The van der Waals surface area contributed by atoms with Crippen molar-refractivity contribution in [3.8, 4) is 5.75 Å². The minimum absolute atomic E-state index is 0.00140. The van der Waals surface area contributed by atoms with Crippen molar-refractivity contribution in [1.82, 2.24) is 10.2 Å². The number of aliphatic hydroxyl groups excluding tert-OH is 2. The topological polar surface area (TPSA) is 203 Å². The van der Waals surface area contributed by atoms with E-state index in [-0.39, 0.29) is 42.8 Å².